The molecule has 4 nitrogen and oxygen atoms in total. The zero-order valence-electron chi connectivity index (χ0n) is 10.6. The van der Waals surface area contributed by atoms with Crippen LogP contribution in [0, 0.1) is 0 Å². The molecule has 0 saturated carbocycles. The Kier molecular flexibility index (Phi) is 5.95. The highest BCUT2D eigenvalue weighted by molar-refractivity contribution is 6.30. The number of rotatable bonds is 6. The maximum atomic E-state index is 11.9. The van der Waals surface area contributed by atoms with E-state index in [1.165, 1.54) is 7.11 Å². The minimum Gasteiger partial charge on any atom is -0.496 e. The number of aliphatic hydroxyl groups is 1. The van der Waals surface area contributed by atoms with Crippen molar-refractivity contribution in [3.05, 3.63) is 28.8 Å². The van der Waals surface area contributed by atoms with Gasteiger partial charge in [0, 0.05) is 11.6 Å². The molecular formula is C13H18ClNO3. The average molecular weight is 272 g/mol. The topological polar surface area (TPSA) is 58.6 Å². The summed E-state index contributed by atoms with van der Waals surface area (Å²) in [6, 6.07) is 4.85. The van der Waals surface area contributed by atoms with Gasteiger partial charge in [-0.3, -0.25) is 4.79 Å². The second kappa shape index (κ2) is 7.24. The molecular weight excluding hydrogens is 254 g/mol. The third-order valence-electron chi connectivity index (χ3n) is 2.64. The zero-order valence-corrected chi connectivity index (χ0v) is 11.3. The van der Waals surface area contributed by atoms with Crippen LogP contribution in [-0.4, -0.2) is 30.8 Å². The number of carbonyl (C=O) groups excluding carboxylic acids is 1. The molecule has 0 saturated heterocycles. The fourth-order valence-corrected chi connectivity index (χ4v) is 1.67. The van der Waals surface area contributed by atoms with Crippen LogP contribution in [-0.2, 0) is 0 Å². The summed E-state index contributed by atoms with van der Waals surface area (Å²) in [5.74, 6) is 0.211. The van der Waals surface area contributed by atoms with Gasteiger partial charge in [0.1, 0.15) is 5.75 Å². The fourth-order valence-electron chi connectivity index (χ4n) is 1.50. The normalized spacial score (nSPS) is 12.0. The van der Waals surface area contributed by atoms with Gasteiger partial charge in [0.15, 0.2) is 0 Å². The first-order chi connectivity index (χ1) is 8.58. The first-order valence-electron chi connectivity index (χ1n) is 5.88. The van der Waals surface area contributed by atoms with Gasteiger partial charge in [0.25, 0.3) is 5.91 Å². The Morgan fingerprint density at radius 3 is 2.89 bits per heavy atom. The van der Waals surface area contributed by atoms with E-state index in [1.54, 1.807) is 18.2 Å². The Morgan fingerprint density at radius 1 is 1.56 bits per heavy atom. The van der Waals surface area contributed by atoms with Crippen LogP contribution < -0.4 is 10.1 Å². The number of halogens is 1. The quantitative estimate of drug-likeness (QED) is 0.834. The lowest BCUT2D eigenvalue weighted by Gasteiger charge is -2.11. The van der Waals surface area contributed by atoms with Gasteiger partial charge in [-0.15, -0.1) is 0 Å². The average Bonchev–Trinajstić information content (AvgIpc) is 2.37. The van der Waals surface area contributed by atoms with Crippen LogP contribution in [0.4, 0.5) is 0 Å². The first kappa shape index (κ1) is 14.8. The lowest BCUT2D eigenvalue weighted by molar-refractivity contribution is 0.0939. The maximum Gasteiger partial charge on any atom is 0.255 e. The van der Waals surface area contributed by atoms with E-state index < -0.39 is 0 Å². The molecule has 1 aromatic carbocycles. The molecule has 1 aromatic rings. The standard InChI is InChI=1S/C13H18ClNO3/c1-3-10(16)6-7-15-13(17)11-5-4-9(14)8-12(11)18-2/h4-5,8,10,16H,3,6-7H2,1-2H3,(H,15,17). The summed E-state index contributed by atoms with van der Waals surface area (Å²) in [7, 11) is 1.49. The van der Waals surface area contributed by atoms with E-state index in [9.17, 15) is 9.90 Å². The summed E-state index contributed by atoms with van der Waals surface area (Å²) in [6.07, 6.45) is 0.843. The molecule has 0 spiro atoms. The number of hydrogen-bond acceptors (Lipinski definition) is 3. The minimum atomic E-state index is -0.377. The summed E-state index contributed by atoms with van der Waals surface area (Å²) >= 11 is 5.82. The molecule has 1 unspecified atom stereocenters. The molecule has 0 aliphatic rings. The van der Waals surface area contributed by atoms with Gasteiger partial charge in [-0.2, -0.15) is 0 Å². The van der Waals surface area contributed by atoms with E-state index in [-0.39, 0.29) is 12.0 Å². The molecule has 0 aromatic heterocycles. The van der Waals surface area contributed by atoms with Gasteiger partial charge in [0.05, 0.1) is 18.8 Å². The van der Waals surface area contributed by atoms with Gasteiger partial charge in [-0.05, 0) is 31.0 Å². The highest BCUT2D eigenvalue weighted by Crippen LogP contribution is 2.22. The van der Waals surface area contributed by atoms with Crippen molar-refractivity contribution in [3.8, 4) is 5.75 Å². The Balaban J connectivity index is 2.61. The van der Waals surface area contributed by atoms with Crippen LogP contribution in [0.3, 0.4) is 0 Å². The molecule has 0 aliphatic carbocycles. The van der Waals surface area contributed by atoms with Crippen LogP contribution >= 0.6 is 11.6 Å². The van der Waals surface area contributed by atoms with Crippen LogP contribution in [0.1, 0.15) is 30.1 Å². The highest BCUT2D eigenvalue weighted by Gasteiger charge is 2.12. The molecule has 0 aliphatic heterocycles. The van der Waals surface area contributed by atoms with Crippen molar-refractivity contribution >= 4 is 17.5 Å². The van der Waals surface area contributed by atoms with Crippen molar-refractivity contribution in [2.75, 3.05) is 13.7 Å². The second-order valence-electron chi connectivity index (χ2n) is 3.95. The number of nitrogens with one attached hydrogen (secondary N) is 1. The largest absolute Gasteiger partial charge is 0.496 e. The molecule has 100 valence electrons. The fraction of sp³-hybridized carbons (Fsp3) is 0.462. The summed E-state index contributed by atoms with van der Waals surface area (Å²) in [4.78, 5) is 11.9. The van der Waals surface area contributed by atoms with Gasteiger partial charge in [0.2, 0.25) is 0 Å². The van der Waals surface area contributed by atoms with Crippen molar-refractivity contribution < 1.29 is 14.6 Å². The van der Waals surface area contributed by atoms with Crippen molar-refractivity contribution in [1.29, 1.82) is 0 Å². The third-order valence-corrected chi connectivity index (χ3v) is 2.88. The SMILES string of the molecule is CCC(O)CCNC(=O)c1ccc(Cl)cc1OC. The Hall–Kier alpha value is -1.26. The van der Waals surface area contributed by atoms with Crippen molar-refractivity contribution in [1.82, 2.24) is 5.32 Å². The molecule has 0 bridgehead atoms. The molecule has 1 amide bonds. The summed E-state index contributed by atoms with van der Waals surface area (Å²) in [6.45, 7) is 2.33. The minimum absolute atomic E-state index is 0.230. The summed E-state index contributed by atoms with van der Waals surface area (Å²) < 4.78 is 5.10. The lowest BCUT2D eigenvalue weighted by atomic mass is 10.1. The van der Waals surface area contributed by atoms with Crippen LogP contribution in [0.25, 0.3) is 0 Å². The van der Waals surface area contributed by atoms with Gasteiger partial charge in [-0.25, -0.2) is 0 Å². The van der Waals surface area contributed by atoms with Gasteiger partial charge in [-0.1, -0.05) is 18.5 Å². The molecule has 0 radical (unpaired) electrons. The Morgan fingerprint density at radius 2 is 2.28 bits per heavy atom. The number of carbonyl (C=O) groups is 1. The molecule has 1 atom stereocenters. The number of amides is 1. The predicted octanol–water partition coefficient (Wildman–Crippen LogP) is 2.24. The Bertz CT molecular complexity index is 409. The monoisotopic (exact) mass is 271 g/mol. The number of benzene rings is 1. The number of methoxy groups -OCH3 is 1. The Labute approximate surface area is 112 Å². The number of ether oxygens (including phenoxy) is 1. The lowest BCUT2D eigenvalue weighted by Crippen LogP contribution is -2.27. The van der Waals surface area contributed by atoms with Crippen LogP contribution in [0.2, 0.25) is 5.02 Å². The summed E-state index contributed by atoms with van der Waals surface area (Å²) in [5, 5.41) is 12.6. The first-order valence-corrected chi connectivity index (χ1v) is 6.26. The molecule has 2 N–H and O–H groups in total. The van der Waals surface area contributed by atoms with Crippen molar-refractivity contribution in [2.24, 2.45) is 0 Å². The smallest absolute Gasteiger partial charge is 0.255 e. The van der Waals surface area contributed by atoms with Crippen molar-refractivity contribution in [2.45, 2.75) is 25.9 Å². The van der Waals surface area contributed by atoms with Gasteiger partial charge < -0.3 is 15.2 Å². The summed E-state index contributed by atoms with van der Waals surface area (Å²) in [5.41, 5.74) is 0.438. The van der Waals surface area contributed by atoms with E-state index in [2.05, 4.69) is 5.32 Å². The van der Waals surface area contributed by atoms with E-state index in [4.69, 9.17) is 16.3 Å². The highest BCUT2D eigenvalue weighted by atomic mass is 35.5. The second-order valence-corrected chi connectivity index (χ2v) is 4.39. The predicted molar refractivity (Wildman–Crippen MR) is 71.3 cm³/mol. The van der Waals surface area contributed by atoms with E-state index in [0.717, 1.165) is 0 Å². The molecule has 18 heavy (non-hydrogen) atoms. The van der Waals surface area contributed by atoms with Crippen molar-refractivity contribution in [3.63, 3.8) is 0 Å². The maximum absolute atomic E-state index is 11.9. The van der Waals surface area contributed by atoms with E-state index in [0.29, 0.717) is 35.7 Å². The zero-order chi connectivity index (χ0) is 13.5. The molecule has 1 rings (SSSR count). The number of aliphatic hydroxyl groups excluding tert-OH is 1. The third kappa shape index (κ3) is 4.20. The van der Waals surface area contributed by atoms with E-state index >= 15 is 0 Å². The molecule has 0 fully saturated rings. The molecule has 5 heteroatoms. The van der Waals surface area contributed by atoms with Crippen LogP contribution in [0.5, 0.6) is 5.75 Å². The number of hydrogen-bond donors (Lipinski definition) is 2. The van der Waals surface area contributed by atoms with E-state index in [1.807, 2.05) is 6.92 Å². The van der Waals surface area contributed by atoms with Gasteiger partial charge >= 0.3 is 0 Å². The van der Waals surface area contributed by atoms with Crippen LogP contribution in [0.15, 0.2) is 18.2 Å². The molecule has 0 heterocycles.